The van der Waals surface area contributed by atoms with E-state index in [4.69, 9.17) is 4.74 Å². The van der Waals surface area contributed by atoms with E-state index in [-0.39, 0.29) is 5.97 Å². The first-order valence-electron chi connectivity index (χ1n) is 7.33. The summed E-state index contributed by atoms with van der Waals surface area (Å²) in [6.45, 7) is 7.96. The lowest BCUT2D eigenvalue weighted by Gasteiger charge is -2.30. The van der Waals surface area contributed by atoms with Gasteiger partial charge in [-0.15, -0.1) is 0 Å². The Labute approximate surface area is 126 Å². The van der Waals surface area contributed by atoms with E-state index in [2.05, 4.69) is 35.0 Å². The molecule has 0 heterocycles. The van der Waals surface area contributed by atoms with Crippen LogP contribution in [0.5, 0.6) is 0 Å². The highest BCUT2D eigenvalue weighted by molar-refractivity contribution is 9.10. The molecule has 0 bridgehead atoms. The van der Waals surface area contributed by atoms with Gasteiger partial charge in [-0.1, -0.05) is 48.2 Å². The van der Waals surface area contributed by atoms with E-state index in [0.29, 0.717) is 0 Å². The van der Waals surface area contributed by atoms with Gasteiger partial charge in [0.2, 0.25) is 0 Å². The Hall–Kier alpha value is -0.310. The maximum absolute atomic E-state index is 12.1. The van der Waals surface area contributed by atoms with E-state index >= 15 is 0 Å². The first-order valence-corrected chi connectivity index (χ1v) is 8.12. The summed E-state index contributed by atoms with van der Waals surface area (Å²) in [7, 11) is 0. The molecule has 3 heteroatoms. The molecule has 0 aromatic rings. The van der Waals surface area contributed by atoms with E-state index < -0.39 is 9.93 Å². The summed E-state index contributed by atoms with van der Waals surface area (Å²) in [6.07, 6.45) is 11.2. The van der Waals surface area contributed by atoms with E-state index in [1.165, 1.54) is 19.3 Å². The lowest BCUT2D eigenvalue weighted by atomic mass is 9.91. The summed E-state index contributed by atoms with van der Waals surface area (Å²) >= 11 is 3.37. The first kappa shape index (κ1) is 16.7. The molecule has 110 valence electrons. The lowest BCUT2D eigenvalue weighted by molar-refractivity contribution is -0.156. The average Bonchev–Trinajstić information content (AvgIpc) is 2.27. The van der Waals surface area contributed by atoms with E-state index in [1.807, 2.05) is 20.8 Å². The zero-order chi connectivity index (χ0) is 14.5. The second kappa shape index (κ2) is 6.92. The predicted molar refractivity (Wildman–Crippen MR) is 83.5 cm³/mol. The van der Waals surface area contributed by atoms with Crippen molar-refractivity contribution in [3.63, 3.8) is 0 Å². The van der Waals surface area contributed by atoms with Crippen molar-refractivity contribution in [2.24, 2.45) is 5.92 Å². The molecule has 0 radical (unpaired) electrons. The molecule has 0 N–H and O–H groups in total. The molecule has 0 fully saturated rings. The zero-order valence-electron chi connectivity index (χ0n) is 12.7. The summed E-state index contributed by atoms with van der Waals surface area (Å²) in [5, 5.41) is 0. The molecule has 0 aromatic heterocycles. The van der Waals surface area contributed by atoms with Gasteiger partial charge in [-0.2, -0.15) is 0 Å². The molecule has 0 amide bonds. The number of esters is 1. The number of ether oxygens (including phenoxy) is 1. The van der Waals surface area contributed by atoms with Gasteiger partial charge in [-0.25, -0.2) is 0 Å². The van der Waals surface area contributed by atoms with Crippen molar-refractivity contribution in [1.29, 1.82) is 0 Å². The van der Waals surface area contributed by atoms with Crippen molar-refractivity contribution in [1.82, 2.24) is 0 Å². The zero-order valence-corrected chi connectivity index (χ0v) is 14.3. The van der Waals surface area contributed by atoms with Crippen LogP contribution in [0.25, 0.3) is 0 Å². The number of carbonyl (C=O) groups is 1. The monoisotopic (exact) mass is 330 g/mol. The van der Waals surface area contributed by atoms with Crippen LogP contribution >= 0.6 is 15.9 Å². The molecule has 2 nitrogen and oxygen atoms in total. The number of hydrogen-bond acceptors (Lipinski definition) is 2. The smallest absolute Gasteiger partial charge is 0.323 e. The average molecular weight is 331 g/mol. The molecule has 0 aromatic carbocycles. The SMILES string of the molecule is CC1C/C=C\C(C)(OC(=O)C(C)(C)Br)CCCCC1. The summed E-state index contributed by atoms with van der Waals surface area (Å²) in [4.78, 5) is 12.1. The van der Waals surface area contributed by atoms with Crippen LogP contribution in [-0.2, 0) is 9.53 Å². The summed E-state index contributed by atoms with van der Waals surface area (Å²) in [5.41, 5.74) is -0.459. The normalized spacial score (nSPS) is 31.5. The largest absolute Gasteiger partial charge is 0.454 e. The molecule has 19 heavy (non-hydrogen) atoms. The molecular formula is C16H27BrO2. The van der Waals surface area contributed by atoms with Crippen LogP contribution in [0.2, 0.25) is 0 Å². The Morgan fingerprint density at radius 3 is 2.68 bits per heavy atom. The second-order valence-corrected chi connectivity index (χ2v) is 8.50. The van der Waals surface area contributed by atoms with Gasteiger partial charge in [0, 0.05) is 0 Å². The Kier molecular flexibility index (Phi) is 6.10. The van der Waals surface area contributed by atoms with Gasteiger partial charge < -0.3 is 4.74 Å². The topological polar surface area (TPSA) is 26.3 Å². The van der Waals surface area contributed by atoms with E-state index in [0.717, 1.165) is 25.2 Å². The van der Waals surface area contributed by atoms with E-state index in [1.54, 1.807) is 0 Å². The van der Waals surface area contributed by atoms with E-state index in [9.17, 15) is 4.79 Å². The van der Waals surface area contributed by atoms with Crippen molar-refractivity contribution in [2.45, 2.75) is 76.1 Å². The summed E-state index contributed by atoms with van der Waals surface area (Å²) < 4.78 is 5.12. The van der Waals surface area contributed by atoms with Crippen LogP contribution in [0.15, 0.2) is 12.2 Å². The Balaban J connectivity index is 2.74. The van der Waals surface area contributed by atoms with Crippen molar-refractivity contribution < 1.29 is 9.53 Å². The van der Waals surface area contributed by atoms with Crippen LogP contribution in [0.1, 0.15) is 66.2 Å². The van der Waals surface area contributed by atoms with Crippen molar-refractivity contribution in [3.8, 4) is 0 Å². The van der Waals surface area contributed by atoms with Gasteiger partial charge in [0.05, 0.1) is 0 Å². The Morgan fingerprint density at radius 1 is 1.37 bits per heavy atom. The molecule has 0 saturated heterocycles. The number of carbonyl (C=O) groups excluding carboxylic acids is 1. The molecule has 1 aliphatic carbocycles. The molecule has 2 atom stereocenters. The number of alkyl halides is 1. The first-order chi connectivity index (χ1) is 8.73. The highest BCUT2D eigenvalue weighted by Gasteiger charge is 2.33. The molecule has 1 aliphatic rings. The maximum atomic E-state index is 12.1. The Bertz CT molecular complexity index is 330. The molecule has 2 unspecified atom stereocenters. The van der Waals surface area contributed by atoms with Gasteiger partial charge in [0.1, 0.15) is 9.93 Å². The fraction of sp³-hybridized carbons (Fsp3) is 0.812. The molecular weight excluding hydrogens is 304 g/mol. The predicted octanol–water partition coefficient (Wildman–Crippen LogP) is 5.01. The van der Waals surface area contributed by atoms with Gasteiger partial charge in [0.15, 0.2) is 0 Å². The van der Waals surface area contributed by atoms with Gasteiger partial charge >= 0.3 is 5.97 Å². The van der Waals surface area contributed by atoms with Crippen LogP contribution in [0.4, 0.5) is 0 Å². The number of rotatable bonds is 2. The third-order valence-electron chi connectivity index (χ3n) is 3.69. The molecule has 0 spiro atoms. The highest BCUT2D eigenvalue weighted by Crippen LogP contribution is 2.28. The van der Waals surface area contributed by atoms with Gasteiger partial charge in [-0.3, -0.25) is 4.79 Å². The standard InChI is InChI=1S/C16H27BrO2/c1-13-9-6-5-7-11-16(4,12-8-10-13)19-14(18)15(2,3)17/h8,12-13H,5-7,9-11H2,1-4H3/b12-8-. The van der Waals surface area contributed by atoms with Crippen molar-refractivity contribution in [2.75, 3.05) is 0 Å². The minimum Gasteiger partial charge on any atom is -0.454 e. The number of allylic oxidation sites excluding steroid dienone is 1. The molecule has 0 saturated carbocycles. The summed E-state index contributed by atoms with van der Waals surface area (Å²) in [6, 6.07) is 0. The lowest BCUT2D eigenvalue weighted by Crippen LogP contribution is -2.37. The van der Waals surface area contributed by atoms with Gasteiger partial charge in [-0.05, 0) is 52.0 Å². The van der Waals surface area contributed by atoms with Crippen LogP contribution < -0.4 is 0 Å². The molecule has 0 aliphatic heterocycles. The number of halogens is 1. The fourth-order valence-electron chi connectivity index (χ4n) is 2.31. The minimum absolute atomic E-state index is 0.190. The van der Waals surface area contributed by atoms with Crippen molar-refractivity contribution >= 4 is 21.9 Å². The molecule has 1 rings (SSSR count). The minimum atomic E-state index is -0.619. The highest BCUT2D eigenvalue weighted by atomic mass is 79.9. The quantitative estimate of drug-likeness (QED) is 0.404. The third kappa shape index (κ3) is 6.11. The fourth-order valence-corrected chi connectivity index (χ4v) is 2.40. The Morgan fingerprint density at radius 2 is 2.05 bits per heavy atom. The summed E-state index contributed by atoms with van der Waals surface area (Å²) in [5.74, 6) is 0.534. The van der Waals surface area contributed by atoms with Crippen LogP contribution in [0.3, 0.4) is 0 Å². The van der Waals surface area contributed by atoms with Crippen molar-refractivity contribution in [3.05, 3.63) is 12.2 Å². The second-order valence-electron chi connectivity index (χ2n) is 6.52. The number of hydrogen-bond donors (Lipinski definition) is 0. The van der Waals surface area contributed by atoms with Crippen LogP contribution in [0, 0.1) is 5.92 Å². The van der Waals surface area contributed by atoms with Crippen LogP contribution in [-0.4, -0.2) is 15.9 Å². The van der Waals surface area contributed by atoms with Gasteiger partial charge in [0.25, 0.3) is 0 Å². The third-order valence-corrected chi connectivity index (χ3v) is 4.01. The maximum Gasteiger partial charge on any atom is 0.323 e.